The summed E-state index contributed by atoms with van der Waals surface area (Å²) < 4.78 is 12.6. The minimum absolute atomic E-state index is 0.0988. The highest BCUT2D eigenvalue weighted by Gasteiger charge is 2.10. The second kappa shape index (κ2) is 3.75. The van der Waals surface area contributed by atoms with Crippen LogP contribution >= 0.6 is 0 Å². The van der Waals surface area contributed by atoms with E-state index >= 15 is 0 Å². The molecule has 2 rings (SSSR count). The van der Waals surface area contributed by atoms with Crippen LogP contribution in [-0.2, 0) is 0 Å². The lowest BCUT2D eigenvalue weighted by molar-refractivity contribution is 0.584. The van der Waals surface area contributed by atoms with E-state index in [1.165, 1.54) is 11.6 Å². The van der Waals surface area contributed by atoms with E-state index in [0.717, 1.165) is 25.2 Å². The quantitative estimate of drug-likeness (QED) is 0.634. The molecule has 0 fully saturated rings. The summed E-state index contributed by atoms with van der Waals surface area (Å²) in [5.74, 6) is -0.0988. The highest BCUT2D eigenvalue weighted by molar-refractivity contribution is 5.36. The number of dihydropyridines is 1. The average Bonchev–Trinajstić information content (AvgIpc) is 2.20. The monoisotopic (exact) mass is 180 g/mol. The van der Waals surface area contributed by atoms with Crippen LogP contribution in [-0.4, -0.2) is 19.6 Å². The van der Waals surface area contributed by atoms with Crippen molar-refractivity contribution in [3.63, 3.8) is 0 Å². The van der Waals surface area contributed by atoms with Crippen molar-refractivity contribution >= 4 is 0 Å². The van der Waals surface area contributed by atoms with Crippen molar-refractivity contribution < 1.29 is 4.39 Å². The Labute approximate surface area is 77.2 Å². The molecule has 0 saturated heterocycles. The molecule has 0 radical (unpaired) electrons. The largest absolute Gasteiger partial charge is 0.378 e. The van der Waals surface area contributed by atoms with E-state index in [0.29, 0.717) is 6.54 Å². The van der Waals surface area contributed by atoms with Crippen molar-refractivity contribution in [3.8, 4) is 0 Å². The third-order valence-electron chi connectivity index (χ3n) is 2.29. The van der Waals surface area contributed by atoms with Gasteiger partial charge in [0.25, 0.3) is 0 Å². The van der Waals surface area contributed by atoms with Crippen LogP contribution in [0.3, 0.4) is 0 Å². The molecule has 0 unspecified atom stereocenters. The number of allylic oxidation sites excluding steroid dienone is 3. The van der Waals surface area contributed by atoms with Gasteiger partial charge in [-0.1, -0.05) is 6.08 Å². The minimum Gasteiger partial charge on any atom is -0.378 e. The summed E-state index contributed by atoms with van der Waals surface area (Å²) >= 11 is 0. The van der Waals surface area contributed by atoms with Gasteiger partial charge in [0.1, 0.15) is 5.83 Å². The summed E-state index contributed by atoms with van der Waals surface area (Å²) in [7, 11) is 0. The van der Waals surface area contributed by atoms with Crippen molar-refractivity contribution in [1.29, 1.82) is 0 Å². The average molecular weight is 180 g/mol. The third kappa shape index (κ3) is 1.98. The Balaban J connectivity index is 2.12. The maximum absolute atomic E-state index is 12.6. The molecule has 2 heterocycles. The number of nitrogens with one attached hydrogen (secondary N) is 2. The number of hydrogen-bond acceptors (Lipinski definition) is 2. The van der Waals surface area contributed by atoms with E-state index in [2.05, 4.69) is 16.7 Å². The summed E-state index contributed by atoms with van der Waals surface area (Å²) in [4.78, 5) is 0. The second-order valence-electron chi connectivity index (χ2n) is 3.23. The first kappa shape index (κ1) is 8.51. The zero-order valence-electron chi connectivity index (χ0n) is 7.44. The van der Waals surface area contributed by atoms with E-state index in [1.807, 2.05) is 6.08 Å². The zero-order valence-corrected chi connectivity index (χ0v) is 7.44. The predicted octanol–water partition coefficient (Wildman–Crippen LogP) is 1.25. The number of hydrogen-bond donors (Lipinski definition) is 2. The van der Waals surface area contributed by atoms with E-state index in [4.69, 9.17) is 0 Å². The molecule has 0 bridgehead atoms. The molecule has 0 aliphatic carbocycles. The van der Waals surface area contributed by atoms with Crippen LogP contribution in [0, 0.1) is 0 Å². The van der Waals surface area contributed by atoms with Gasteiger partial charge in [-0.3, -0.25) is 0 Å². The predicted molar refractivity (Wildman–Crippen MR) is 50.8 cm³/mol. The molecule has 0 spiro atoms. The van der Waals surface area contributed by atoms with E-state index in [9.17, 15) is 4.39 Å². The zero-order chi connectivity index (χ0) is 9.10. The van der Waals surface area contributed by atoms with Gasteiger partial charge < -0.3 is 10.6 Å². The van der Waals surface area contributed by atoms with Crippen LogP contribution in [0.1, 0.15) is 6.42 Å². The first-order valence-electron chi connectivity index (χ1n) is 4.56. The Morgan fingerprint density at radius 3 is 2.85 bits per heavy atom. The molecule has 2 aliphatic rings. The van der Waals surface area contributed by atoms with Crippen LogP contribution in [0.25, 0.3) is 0 Å². The molecule has 0 aromatic carbocycles. The SMILES string of the molecule is FC1=CC=C(C2=CCNCC2)NC1. The topological polar surface area (TPSA) is 24.1 Å². The lowest BCUT2D eigenvalue weighted by Gasteiger charge is -2.19. The van der Waals surface area contributed by atoms with Gasteiger partial charge >= 0.3 is 0 Å². The van der Waals surface area contributed by atoms with Crippen LogP contribution < -0.4 is 10.6 Å². The van der Waals surface area contributed by atoms with Gasteiger partial charge in [0.15, 0.2) is 0 Å². The lowest BCUT2D eigenvalue weighted by atomic mass is 10.0. The molecule has 2 aliphatic heterocycles. The maximum atomic E-state index is 12.6. The van der Waals surface area contributed by atoms with Crippen molar-refractivity contribution in [2.75, 3.05) is 19.6 Å². The second-order valence-corrected chi connectivity index (χ2v) is 3.23. The fourth-order valence-corrected chi connectivity index (χ4v) is 1.56. The first-order chi connectivity index (χ1) is 6.36. The molecule has 2 nitrogen and oxygen atoms in total. The molecule has 3 heteroatoms. The van der Waals surface area contributed by atoms with Crippen molar-refractivity contribution in [2.45, 2.75) is 6.42 Å². The number of halogens is 1. The van der Waals surface area contributed by atoms with Gasteiger partial charge in [0.2, 0.25) is 0 Å². The highest BCUT2D eigenvalue weighted by Crippen LogP contribution is 2.16. The first-order valence-corrected chi connectivity index (χ1v) is 4.56. The minimum atomic E-state index is -0.0988. The van der Waals surface area contributed by atoms with Gasteiger partial charge in [-0.15, -0.1) is 0 Å². The molecule has 2 N–H and O–H groups in total. The lowest BCUT2D eigenvalue weighted by Crippen LogP contribution is -2.26. The van der Waals surface area contributed by atoms with Gasteiger partial charge in [0, 0.05) is 12.2 Å². The van der Waals surface area contributed by atoms with E-state index in [-0.39, 0.29) is 5.83 Å². The third-order valence-corrected chi connectivity index (χ3v) is 2.29. The number of rotatable bonds is 1. The van der Waals surface area contributed by atoms with E-state index < -0.39 is 0 Å². The van der Waals surface area contributed by atoms with Crippen LogP contribution in [0.4, 0.5) is 4.39 Å². The molecule has 13 heavy (non-hydrogen) atoms. The van der Waals surface area contributed by atoms with Crippen LogP contribution in [0.5, 0.6) is 0 Å². The highest BCUT2D eigenvalue weighted by atomic mass is 19.1. The van der Waals surface area contributed by atoms with Crippen LogP contribution in [0.15, 0.2) is 35.3 Å². The Hall–Kier alpha value is -1.09. The molecular formula is C10H13FN2. The fourth-order valence-electron chi connectivity index (χ4n) is 1.56. The van der Waals surface area contributed by atoms with Gasteiger partial charge in [0.05, 0.1) is 6.54 Å². The van der Waals surface area contributed by atoms with Crippen LogP contribution in [0.2, 0.25) is 0 Å². The van der Waals surface area contributed by atoms with Crippen molar-refractivity contribution in [2.24, 2.45) is 0 Å². The molecule has 0 amide bonds. The summed E-state index contributed by atoms with van der Waals surface area (Å²) in [6, 6.07) is 0. The molecule has 70 valence electrons. The Bertz CT molecular complexity index is 289. The molecule has 0 aromatic rings. The molecule has 0 aromatic heterocycles. The summed E-state index contributed by atoms with van der Waals surface area (Å²) in [5, 5.41) is 6.30. The summed E-state index contributed by atoms with van der Waals surface area (Å²) in [6.07, 6.45) is 6.53. The van der Waals surface area contributed by atoms with Crippen molar-refractivity contribution in [1.82, 2.24) is 10.6 Å². The fraction of sp³-hybridized carbons (Fsp3) is 0.400. The van der Waals surface area contributed by atoms with Gasteiger partial charge in [-0.2, -0.15) is 0 Å². The standard InChI is InChI=1S/C10H13FN2/c11-9-1-2-10(13-7-9)8-3-5-12-6-4-8/h1-3,12-13H,4-7H2. The smallest absolute Gasteiger partial charge is 0.119 e. The molecular weight excluding hydrogens is 167 g/mol. The van der Waals surface area contributed by atoms with Crippen molar-refractivity contribution in [3.05, 3.63) is 35.3 Å². The van der Waals surface area contributed by atoms with Gasteiger partial charge in [-0.25, -0.2) is 4.39 Å². The van der Waals surface area contributed by atoms with E-state index in [1.54, 1.807) is 0 Å². The Morgan fingerprint density at radius 1 is 1.31 bits per heavy atom. The summed E-state index contributed by atoms with van der Waals surface area (Å²) in [5.41, 5.74) is 2.37. The Kier molecular flexibility index (Phi) is 2.45. The Morgan fingerprint density at radius 2 is 2.23 bits per heavy atom. The normalized spacial score (nSPS) is 22.7. The molecule has 0 saturated carbocycles. The van der Waals surface area contributed by atoms with Gasteiger partial charge in [-0.05, 0) is 30.7 Å². The molecule has 0 atom stereocenters. The summed E-state index contributed by atoms with van der Waals surface area (Å²) in [6.45, 7) is 2.26. The maximum Gasteiger partial charge on any atom is 0.119 e.